The van der Waals surface area contributed by atoms with E-state index in [0.29, 0.717) is 5.15 Å². The highest BCUT2D eigenvalue weighted by molar-refractivity contribution is 7.99. The molecule has 94 valence electrons. The van der Waals surface area contributed by atoms with Crippen LogP contribution in [0.3, 0.4) is 0 Å². The summed E-state index contributed by atoms with van der Waals surface area (Å²) in [7, 11) is 0. The molecule has 3 nitrogen and oxygen atoms in total. The number of halogens is 1. The molecule has 0 fully saturated rings. The molecule has 1 aromatic carbocycles. The van der Waals surface area contributed by atoms with Crippen molar-refractivity contribution in [3.8, 4) is 0 Å². The summed E-state index contributed by atoms with van der Waals surface area (Å²) in [6.45, 7) is 2.01. The predicted molar refractivity (Wildman–Crippen MR) is 77.6 cm³/mol. The van der Waals surface area contributed by atoms with Gasteiger partial charge >= 0.3 is 0 Å². The molecule has 2 aromatic heterocycles. The van der Waals surface area contributed by atoms with Crippen LogP contribution in [0.4, 0.5) is 0 Å². The molecule has 5 heteroatoms. The van der Waals surface area contributed by atoms with Crippen molar-refractivity contribution in [3.05, 3.63) is 53.6 Å². The number of rotatable bonds is 2. The molecule has 3 rings (SSSR count). The molecule has 0 aliphatic heterocycles. The largest absolute Gasteiger partial charge is 0.244 e. The van der Waals surface area contributed by atoms with Gasteiger partial charge < -0.3 is 0 Å². The van der Waals surface area contributed by atoms with Gasteiger partial charge in [-0.2, -0.15) is 0 Å². The maximum atomic E-state index is 5.94. The lowest BCUT2D eigenvalue weighted by molar-refractivity contribution is 1.09. The first-order valence-electron chi connectivity index (χ1n) is 5.74. The van der Waals surface area contributed by atoms with Crippen molar-refractivity contribution in [3.63, 3.8) is 0 Å². The average molecular weight is 288 g/mol. The fourth-order valence-corrected chi connectivity index (χ4v) is 2.95. The third-order valence-corrected chi connectivity index (χ3v) is 4.12. The summed E-state index contributed by atoms with van der Waals surface area (Å²) in [6.07, 6.45) is 3.36. The molecule has 2 heterocycles. The second-order valence-electron chi connectivity index (χ2n) is 4.07. The summed E-state index contributed by atoms with van der Waals surface area (Å²) in [4.78, 5) is 13.7. The molecular formula is C14H10ClN3S. The van der Waals surface area contributed by atoms with E-state index in [1.807, 2.05) is 37.3 Å². The fourth-order valence-electron chi connectivity index (χ4n) is 1.76. The zero-order chi connectivity index (χ0) is 13.2. The highest BCUT2D eigenvalue weighted by Gasteiger charge is 2.08. The monoisotopic (exact) mass is 287 g/mol. The average Bonchev–Trinajstić information content (AvgIpc) is 2.43. The number of hydrogen-bond acceptors (Lipinski definition) is 4. The van der Waals surface area contributed by atoms with Gasteiger partial charge in [-0.25, -0.2) is 15.0 Å². The Morgan fingerprint density at radius 1 is 1.11 bits per heavy atom. The number of hydrogen-bond donors (Lipinski definition) is 0. The minimum Gasteiger partial charge on any atom is -0.244 e. The molecule has 0 saturated heterocycles. The highest BCUT2D eigenvalue weighted by atomic mass is 35.5. The molecule has 3 aromatic rings. The van der Waals surface area contributed by atoms with Crippen LogP contribution in [0.15, 0.2) is 52.8 Å². The Kier molecular flexibility index (Phi) is 3.36. The molecule has 0 amide bonds. The summed E-state index contributed by atoms with van der Waals surface area (Å²) in [5, 5.41) is 2.46. The van der Waals surface area contributed by atoms with E-state index in [1.54, 1.807) is 24.3 Å². The van der Waals surface area contributed by atoms with Crippen LogP contribution >= 0.6 is 23.4 Å². The summed E-state index contributed by atoms with van der Waals surface area (Å²) in [5.74, 6) is 0. The van der Waals surface area contributed by atoms with Crippen molar-refractivity contribution in [1.29, 1.82) is 0 Å². The van der Waals surface area contributed by atoms with E-state index in [0.717, 1.165) is 26.4 Å². The van der Waals surface area contributed by atoms with Gasteiger partial charge in [-0.05, 0) is 24.6 Å². The van der Waals surface area contributed by atoms with Gasteiger partial charge in [0.05, 0.1) is 5.52 Å². The van der Waals surface area contributed by atoms with Gasteiger partial charge in [-0.3, -0.25) is 0 Å². The van der Waals surface area contributed by atoms with E-state index in [2.05, 4.69) is 15.0 Å². The first-order valence-corrected chi connectivity index (χ1v) is 6.93. The third-order valence-electron chi connectivity index (χ3n) is 2.73. The zero-order valence-electron chi connectivity index (χ0n) is 10.2. The Morgan fingerprint density at radius 3 is 2.84 bits per heavy atom. The number of fused-ring (bicyclic) bond motifs is 1. The Labute approximate surface area is 120 Å². The van der Waals surface area contributed by atoms with Crippen molar-refractivity contribution in [2.75, 3.05) is 0 Å². The minimum absolute atomic E-state index is 0.492. The lowest BCUT2D eigenvalue weighted by atomic mass is 10.2. The molecule has 0 unspecified atom stereocenters. The third kappa shape index (κ3) is 2.55. The molecular weight excluding hydrogens is 278 g/mol. The summed E-state index contributed by atoms with van der Waals surface area (Å²) in [6, 6.07) is 9.82. The van der Waals surface area contributed by atoms with Gasteiger partial charge in [0.2, 0.25) is 0 Å². The van der Waals surface area contributed by atoms with Gasteiger partial charge in [0.1, 0.15) is 16.5 Å². The molecule has 0 saturated carbocycles. The molecule has 0 atom stereocenters. The molecule has 19 heavy (non-hydrogen) atoms. The smallest absolute Gasteiger partial charge is 0.130 e. The van der Waals surface area contributed by atoms with Crippen LogP contribution in [0.25, 0.3) is 10.9 Å². The predicted octanol–water partition coefficient (Wildman–Crippen LogP) is 4.14. The Morgan fingerprint density at radius 2 is 1.95 bits per heavy atom. The van der Waals surface area contributed by atoms with Crippen molar-refractivity contribution in [2.24, 2.45) is 0 Å². The van der Waals surface area contributed by atoms with Gasteiger partial charge in [0.15, 0.2) is 0 Å². The quantitative estimate of drug-likeness (QED) is 0.524. The first-order chi connectivity index (χ1) is 9.24. The van der Waals surface area contributed by atoms with Crippen molar-refractivity contribution >= 4 is 34.3 Å². The van der Waals surface area contributed by atoms with Gasteiger partial charge in [0.25, 0.3) is 0 Å². The zero-order valence-corrected chi connectivity index (χ0v) is 11.7. The van der Waals surface area contributed by atoms with E-state index in [1.165, 1.54) is 0 Å². The molecule has 0 radical (unpaired) electrons. The Bertz CT molecular complexity index is 740. The van der Waals surface area contributed by atoms with E-state index in [9.17, 15) is 0 Å². The van der Waals surface area contributed by atoms with E-state index < -0.39 is 0 Å². The Hall–Kier alpha value is -1.65. The fraction of sp³-hybridized carbons (Fsp3) is 0.0714. The lowest BCUT2D eigenvalue weighted by Gasteiger charge is -2.07. The van der Waals surface area contributed by atoms with Gasteiger partial charge in [-0.1, -0.05) is 41.6 Å². The van der Waals surface area contributed by atoms with Crippen molar-refractivity contribution in [1.82, 2.24) is 15.0 Å². The van der Waals surface area contributed by atoms with Crippen LogP contribution < -0.4 is 0 Å². The van der Waals surface area contributed by atoms with E-state index in [4.69, 9.17) is 11.6 Å². The number of para-hydroxylation sites is 1. The first kappa shape index (κ1) is 12.4. The summed E-state index contributed by atoms with van der Waals surface area (Å²) < 4.78 is 0. The van der Waals surface area contributed by atoms with Gasteiger partial charge in [-0.15, -0.1) is 0 Å². The number of aromatic nitrogens is 3. The number of pyridine rings is 1. The standard InChI is InChI=1S/C14H10ClN3S/c1-9-7-16-13(15)6-12(9)19-14-10-4-2-3-5-11(10)17-8-18-14/h2-8H,1H3. The van der Waals surface area contributed by atoms with Crippen LogP contribution in [-0.2, 0) is 0 Å². The number of nitrogens with zero attached hydrogens (tertiary/aromatic N) is 3. The summed E-state index contributed by atoms with van der Waals surface area (Å²) in [5.41, 5.74) is 2.02. The van der Waals surface area contributed by atoms with Crippen LogP contribution in [0.1, 0.15) is 5.56 Å². The molecule has 0 N–H and O–H groups in total. The van der Waals surface area contributed by atoms with E-state index >= 15 is 0 Å². The van der Waals surface area contributed by atoms with Crippen molar-refractivity contribution in [2.45, 2.75) is 16.8 Å². The normalized spacial score (nSPS) is 10.8. The maximum absolute atomic E-state index is 5.94. The summed E-state index contributed by atoms with van der Waals surface area (Å²) >= 11 is 7.53. The molecule has 0 spiro atoms. The second-order valence-corrected chi connectivity index (χ2v) is 5.49. The lowest BCUT2D eigenvalue weighted by Crippen LogP contribution is -1.88. The number of benzene rings is 1. The minimum atomic E-state index is 0.492. The van der Waals surface area contributed by atoms with E-state index in [-0.39, 0.29) is 0 Å². The van der Waals surface area contributed by atoms with Gasteiger partial charge in [0, 0.05) is 16.5 Å². The Balaban J connectivity index is 2.08. The SMILES string of the molecule is Cc1cnc(Cl)cc1Sc1ncnc2ccccc12. The molecule has 0 aliphatic carbocycles. The topological polar surface area (TPSA) is 38.7 Å². The van der Waals surface area contributed by atoms with Crippen LogP contribution in [0, 0.1) is 6.92 Å². The maximum Gasteiger partial charge on any atom is 0.130 e. The molecule has 0 aliphatic rings. The van der Waals surface area contributed by atoms with Crippen LogP contribution in [-0.4, -0.2) is 15.0 Å². The van der Waals surface area contributed by atoms with Crippen LogP contribution in [0.5, 0.6) is 0 Å². The van der Waals surface area contributed by atoms with Crippen molar-refractivity contribution < 1.29 is 0 Å². The highest BCUT2D eigenvalue weighted by Crippen LogP contribution is 2.33. The number of aryl methyl sites for hydroxylation is 1. The molecule has 0 bridgehead atoms. The second kappa shape index (κ2) is 5.15. The van der Waals surface area contributed by atoms with Crippen LogP contribution in [0.2, 0.25) is 5.15 Å².